The lowest BCUT2D eigenvalue weighted by Crippen LogP contribution is -2.48. The second kappa shape index (κ2) is 8.26. The number of carbonyl (C=O) groups is 2. The lowest BCUT2D eigenvalue weighted by molar-refractivity contribution is -0.139. The number of hydrogen-bond donors (Lipinski definition) is 2. The molecule has 1 aromatic rings. The number of carboxylic acids is 1. The van der Waals surface area contributed by atoms with E-state index in [1.54, 1.807) is 0 Å². The van der Waals surface area contributed by atoms with Crippen molar-refractivity contribution < 1.29 is 19.4 Å². The van der Waals surface area contributed by atoms with Gasteiger partial charge in [-0.3, -0.25) is 4.90 Å². The fourth-order valence-corrected chi connectivity index (χ4v) is 2.01. The van der Waals surface area contributed by atoms with Gasteiger partial charge in [0.2, 0.25) is 0 Å². The normalized spacial score (nSPS) is 11.8. The first-order chi connectivity index (χ1) is 10.0. The highest BCUT2D eigenvalue weighted by Crippen LogP contribution is 2.19. The van der Waals surface area contributed by atoms with E-state index in [-0.39, 0.29) is 13.0 Å². The highest BCUT2D eigenvalue weighted by Gasteiger charge is 2.23. The summed E-state index contributed by atoms with van der Waals surface area (Å²) in [4.78, 5) is 25.0. The molecule has 6 nitrogen and oxygen atoms in total. The van der Waals surface area contributed by atoms with Crippen molar-refractivity contribution in [2.24, 2.45) is 0 Å². The minimum Gasteiger partial charge on any atom is -0.480 e. The molecule has 0 aliphatic heterocycles. The van der Waals surface area contributed by atoms with E-state index in [1.807, 2.05) is 38.1 Å². The maximum atomic E-state index is 12.3. The summed E-state index contributed by atoms with van der Waals surface area (Å²) in [5.74, 6) is -1.07. The molecule has 0 saturated heterocycles. The predicted molar refractivity (Wildman–Crippen MR) is 80.6 cm³/mol. The van der Waals surface area contributed by atoms with Crippen molar-refractivity contribution in [3.63, 3.8) is 0 Å². The van der Waals surface area contributed by atoms with E-state index < -0.39 is 18.0 Å². The van der Waals surface area contributed by atoms with Crippen LogP contribution in [0.1, 0.15) is 18.9 Å². The van der Waals surface area contributed by atoms with Crippen LogP contribution < -0.4 is 10.2 Å². The summed E-state index contributed by atoms with van der Waals surface area (Å²) in [5.41, 5.74) is 1.73. The number of nitrogens with one attached hydrogen (secondary N) is 1. The second-order valence-corrected chi connectivity index (χ2v) is 4.65. The van der Waals surface area contributed by atoms with Gasteiger partial charge in [-0.25, -0.2) is 9.59 Å². The summed E-state index contributed by atoms with van der Waals surface area (Å²) in [6, 6.07) is 6.10. The summed E-state index contributed by atoms with van der Waals surface area (Å²) in [5, 5.41) is 11.7. The molecule has 1 aromatic carbocycles. The van der Waals surface area contributed by atoms with E-state index in [1.165, 1.54) is 12.0 Å². The monoisotopic (exact) mass is 294 g/mol. The van der Waals surface area contributed by atoms with Crippen LogP contribution in [0.5, 0.6) is 0 Å². The van der Waals surface area contributed by atoms with Gasteiger partial charge in [-0.2, -0.15) is 0 Å². The number of aryl methyl sites for hydroxylation is 1. The number of amides is 2. The first-order valence-corrected chi connectivity index (χ1v) is 6.86. The quantitative estimate of drug-likeness (QED) is 0.806. The van der Waals surface area contributed by atoms with Crippen LogP contribution in [0.15, 0.2) is 24.3 Å². The summed E-state index contributed by atoms with van der Waals surface area (Å²) in [6.45, 7) is 4.48. The lowest BCUT2D eigenvalue weighted by atomic mass is 10.2. The molecule has 1 unspecified atom stereocenters. The molecule has 116 valence electrons. The number of anilines is 1. The van der Waals surface area contributed by atoms with Gasteiger partial charge in [0.25, 0.3) is 0 Å². The lowest BCUT2D eigenvalue weighted by Gasteiger charge is -2.25. The number of benzene rings is 1. The molecule has 0 spiro atoms. The first kappa shape index (κ1) is 17.0. The van der Waals surface area contributed by atoms with E-state index in [0.717, 1.165) is 11.3 Å². The van der Waals surface area contributed by atoms with E-state index in [4.69, 9.17) is 9.84 Å². The molecule has 1 rings (SSSR count). The fourth-order valence-electron chi connectivity index (χ4n) is 2.01. The Labute approximate surface area is 124 Å². The minimum absolute atomic E-state index is 0.225. The average Bonchev–Trinajstić information content (AvgIpc) is 2.45. The Balaban J connectivity index is 2.83. The number of hydrogen-bond acceptors (Lipinski definition) is 3. The van der Waals surface area contributed by atoms with E-state index in [9.17, 15) is 9.59 Å². The third kappa shape index (κ3) is 4.75. The van der Waals surface area contributed by atoms with Crippen molar-refractivity contribution in [1.29, 1.82) is 0 Å². The Bertz CT molecular complexity index is 490. The Morgan fingerprint density at radius 1 is 1.38 bits per heavy atom. The maximum absolute atomic E-state index is 12.3. The highest BCUT2D eigenvalue weighted by molar-refractivity contribution is 5.95. The molecule has 2 N–H and O–H groups in total. The van der Waals surface area contributed by atoms with Crippen LogP contribution in [0.25, 0.3) is 0 Å². The van der Waals surface area contributed by atoms with E-state index in [0.29, 0.717) is 6.54 Å². The third-order valence-corrected chi connectivity index (χ3v) is 3.17. The smallest absolute Gasteiger partial charge is 0.326 e. The van der Waals surface area contributed by atoms with Crippen LogP contribution in [-0.2, 0) is 9.53 Å². The highest BCUT2D eigenvalue weighted by atomic mass is 16.5. The molecule has 0 saturated carbocycles. The van der Waals surface area contributed by atoms with Crippen LogP contribution in [-0.4, -0.2) is 43.4 Å². The summed E-state index contributed by atoms with van der Waals surface area (Å²) in [7, 11) is 1.49. The van der Waals surface area contributed by atoms with E-state index in [2.05, 4.69) is 5.32 Å². The van der Waals surface area contributed by atoms with E-state index >= 15 is 0 Å². The molecule has 0 bridgehead atoms. The van der Waals surface area contributed by atoms with Gasteiger partial charge < -0.3 is 15.2 Å². The zero-order chi connectivity index (χ0) is 15.8. The van der Waals surface area contributed by atoms with Gasteiger partial charge in [0.05, 0.1) is 0 Å². The van der Waals surface area contributed by atoms with Crippen molar-refractivity contribution in [2.75, 3.05) is 25.2 Å². The van der Waals surface area contributed by atoms with Crippen molar-refractivity contribution in [2.45, 2.75) is 26.3 Å². The molecular formula is C15H22N2O4. The number of ether oxygens (including phenoxy) is 1. The number of methoxy groups -OCH3 is 1. The number of para-hydroxylation sites is 1. The Morgan fingerprint density at radius 2 is 2.05 bits per heavy atom. The number of nitrogens with zero attached hydrogens (tertiary/aromatic N) is 1. The molecule has 0 radical (unpaired) electrons. The molecule has 0 aliphatic rings. The van der Waals surface area contributed by atoms with Crippen LogP contribution >= 0.6 is 0 Å². The van der Waals surface area contributed by atoms with Crippen LogP contribution in [0.2, 0.25) is 0 Å². The van der Waals surface area contributed by atoms with Gasteiger partial charge in [0.15, 0.2) is 0 Å². The average molecular weight is 294 g/mol. The minimum atomic E-state index is -1.07. The number of rotatable bonds is 7. The van der Waals surface area contributed by atoms with Gasteiger partial charge in [0, 0.05) is 32.4 Å². The third-order valence-electron chi connectivity index (χ3n) is 3.17. The molecule has 6 heteroatoms. The SMILES string of the molecule is CCN(C(=O)NC(CCOC)C(=O)O)c1ccccc1C. The van der Waals surface area contributed by atoms with Crippen molar-refractivity contribution in [3.05, 3.63) is 29.8 Å². The number of carboxylic acid groups (broad SMARTS) is 1. The van der Waals surface area contributed by atoms with Gasteiger partial charge in [-0.05, 0) is 25.5 Å². The van der Waals surface area contributed by atoms with Crippen LogP contribution in [0.4, 0.5) is 10.5 Å². The molecule has 21 heavy (non-hydrogen) atoms. The Hall–Kier alpha value is -2.08. The maximum Gasteiger partial charge on any atom is 0.326 e. The molecule has 2 amide bonds. The van der Waals surface area contributed by atoms with Crippen molar-refractivity contribution >= 4 is 17.7 Å². The molecule has 0 fully saturated rings. The summed E-state index contributed by atoms with van der Waals surface area (Å²) < 4.78 is 4.87. The predicted octanol–water partition coefficient (Wildman–Crippen LogP) is 2.02. The number of aliphatic carboxylic acids is 1. The van der Waals surface area contributed by atoms with Crippen LogP contribution in [0.3, 0.4) is 0 Å². The summed E-state index contributed by atoms with van der Waals surface area (Å²) in [6.07, 6.45) is 0.225. The topological polar surface area (TPSA) is 78.9 Å². The van der Waals surface area contributed by atoms with Gasteiger partial charge >= 0.3 is 12.0 Å². The van der Waals surface area contributed by atoms with Gasteiger partial charge in [-0.15, -0.1) is 0 Å². The first-order valence-electron chi connectivity index (χ1n) is 6.86. The van der Waals surface area contributed by atoms with Gasteiger partial charge in [0.1, 0.15) is 6.04 Å². The molecule has 1 atom stereocenters. The summed E-state index contributed by atoms with van der Waals surface area (Å²) >= 11 is 0. The van der Waals surface area contributed by atoms with Gasteiger partial charge in [-0.1, -0.05) is 18.2 Å². The zero-order valence-corrected chi connectivity index (χ0v) is 12.6. The second-order valence-electron chi connectivity index (χ2n) is 4.65. The standard InChI is InChI=1S/C15H22N2O4/c1-4-17(13-8-6-5-7-11(13)2)15(20)16-12(14(18)19)9-10-21-3/h5-8,12H,4,9-10H2,1-3H3,(H,16,20)(H,18,19). The Morgan fingerprint density at radius 3 is 2.57 bits per heavy atom. The number of urea groups is 1. The molecule has 0 aliphatic carbocycles. The van der Waals surface area contributed by atoms with Crippen molar-refractivity contribution in [3.8, 4) is 0 Å². The largest absolute Gasteiger partial charge is 0.480 e. The van der Waals surface area contributed by atoms with Crippen molar-refractivity contribution in [1.82, 2.24) is 5.32 Å². The molecule has 0 aromatic heterocycles. The molecule has 0 heterocycles. The molecular weight excluding hydrogens is 272 g/mol. The number of carbonyl (C=O) groups excluding carboxylic acids is 1. The Kier molecular flexibility index (Phi) is 6.68. The zero-order valence-electron chi connectivity index (χ0n) is 12.6. The fraction of sp³-hybridized carbons (Fsp3) is 0.467. The van der Waals surface area contributed by atoms with Crippen LogP contribution in [0, 0.1) is 6.92 Å².